The second-order valence-electron chi connectivity index (χ2n) is 5.64. The molecule has 2 aromatic carbocycles. The zero-order valence-corrected chi connectivity index (χ0v) is 13.6. The highest BCUT2D eigenvalue weighted by molar-refractivity contribution is 5.65. The van der Waals surface area contributed by atoms with Crippen molar-refractivity contribution in [2.45, 2.75) is 20.4 Å². The fourth-order valence-corrected chi connectivity index (χ4v) is 2.61. The van der Waals surface area contributed by atoms with E-state index < -0.39 is 0 Å². The molecule has 24 heavy (non-hydrogen) atoms. The van der Waals surface area contributed by atoms with E-state index >= 15 is 0 Å². The molecule has 6 heteroatoms. The van der Waals surface area contributed by atoms with Crippen LogP contribution >= 0.6 is 0 Å². The monoisotopic (exact) mass is 321 g/mol. The highest BCUT2D eigenvalue weighted by Gasteiger charge is 2.15. The van der Waals surface area contributed by atoms with E-state index in [4.69, 9.17) is 5.84 Å². The van der Waals surface area contributed by atoms with E-state index in [1.54, 1.807) is 0 Å². The summed E-state index contributed by atoms with van der Waals surface area (Å²) >= 11 is 0. The van der Waals surface area contributed by atoms with Gasteiger partial charge < -0.3 is 5.11 Å². The topological polar surface area (TPSA) is 88.2 Å². The lowest BCUT2D eigenvalue weighted by Crippen LogP contribution is -2.32. The summed E-state index contributed by atoms with van der Waals surface area (Å²) in [4.78, 5) is 12.5. The first-order chi connectivity index (χ1) is 11.5. The van der Waals surface area contributed by atoms with Gasteiger partial charge in [-0.25, -0.2) is 5.84 Å². The summed E-state index contributed by atoms with van der Waals surface area (Å²) in [5.41, 5.74) is 3.95. The Morgan fingerprint density at radius 1 is 0.917 bits per heavy atom. The maximum absolute atomic E-state index is 9.91. The molecule has 0 unspecified atom stereocenters. The van der Waals surface area contributed by atoms with Crippen LogP contribution in [0.3, 0.4) is 0 Å². The van der Waals surface area contributed by atoms with Gasteiger partial charge in [0.2, 0.25) is 5.95 Å². The second kappa shape index (κ2) is 6.64. The first-order valence-electron chi connectivity index (χ1n) is 7.62. The van der Waals surface area contributed by atoms with Gasteiger partial charge in [-0.1, -0.05) is 48.5 Å². The molecule has 0 fully saturated rings. The molecular weight excluding hydrogens is 302 g/mol. The van der Waals surface area contributed by atoms with Crippen LogP contribution in [0.1, 0.15) is 16.7 Å². The molecule has 0 saturated carbocycles. The van der Waals surface area contributed by atoms with Crippen molar-refractivity contribution in [3.05, 3.63) is 65.2 Å². The number of hydrogen-bond acceptors (Lipinski definition) is 6. The minimum absolute atomic E-state index is 0.226. The fraction of sp³-hybridized carbons (Fsp3) is 0.167. The van der Waals surface area contributed by atoms with E-state index in [0.717, 1.165) is 22.3 Å². The van der Waals surface area contributed by atoms with Crippen molar-refractivity contribution in [3.63, 3.8) is 0 Å². The van der Waals surface area contributed by atoms with Crippen molar-refractivity contribution >= 4 is 5.95 Å². The number of aromatic nitrogens is 3. The summed E-state index contributed by atoms with van der Waals surface area (Å²) in [5, 5.41) is 11.3. The molecule has 3 rings (SSSR count). The van der Waals surface area contributed by atoms with Gasteiger partial charge in [0.05, 0.1) is 6.54 Å². The van der Waals surface area contributed by atoms with E-state index in [-0.39, 0.29) is 12.0 Å². The molecule has 3 aromatic rings. The van der Waals surface area contributed by atoms with Crippen LogP contribution in [0.25, 0.3) is 11.4 Å². The van der Waals surface area contributed by atoms with E-state index in [2.05, 4.69) is 15.0 Å². The third kappa shape index (κ3) is 3.33. The molecule has 122 valence electrons. The Kier molecular flexibility index (Phi) is 4.39. The first-order valence-corrected chi connectivity index (χ1v) is 7.62. The van der Waals surface area contributed by atoms with Crippen LogP contribution in [-0.2, 0) is 6.54 Å². The van der Waals surface area contributed by atoms with Gasteiger partial charge >= 0.3 is 6.01 Å². The fourth-order valence-electron chi connectivity index (χ4n) is 2.61. The van der Waals surface area contributed by atoms with E-state index in [9.17, 15) is 5.11 Å². The molecule has 0 radical (unpaired) electrons. The van der Waals surface area contributed by atoms with Gasteiger partial charge in [-0.2, -0.15) is 15.0 Å². The Morgan fingerprint density at radius 3 is 2.25 bits per heavy atom. The number of nitrogens with two attached hydrogens (primary N) is 1. The third-order valence-electron chi connectivity index (χ3n) is 3.77. The summed E-state index contributed by atoms with van der Waals surface area (Å²) in [6, 6.07) is 15.3. The lowest BCUT2D eigenvalue weighted by molar-refractivity contribution is 0.428. The van der Waals surface area contributed by atoms with Crippen LogP contribution in [-0.4, -0.2) is 20.1 Å². The maximum atomic E-state index is 9.91. The number of anilines is 1. The van der Waals surface area contributed by atoms with Crippen LogP contribution in [0.2, 0.25) is 0 Å². The smallest absolute Gasteiger partial charge is 0.319 e. The van der Waals surface area contributed by atoms with Crippen molar-refractivity contribution in [2.75, 3.05) is 5.01 Å². The molecule has 0 saturated heterocycles. The van der Waals surface area contributed by atoms with Crippen LogP contribution in [0.15, 0.2) is 48.5 Å². The maximum Gasteiger partial charge on any atom is 0.319 e. The van der Waals surface area contributed by atoms with Crippen LogP contribution in [0, 0.1) is 13.8 Å². The number of nitrogens with zero attached hydrogens (tertiary/aromatic N) is 4. The van der Waals surface area contributed by atoms with E-state index in [1.165, 1.54) is 5.01 Å². The van der Waals surface area contributed by atoms with Crippen LogP contribution in [0.4, 0.5) is 5.95 Å². The standard InChI is InChI=1S/C18H19N5O/c1-12-7-6-8-13(2)15(12)16-20-17(22-18(24)21-16)23(19)11-14-9-4-3-5-10-14/h3-10H,11,19H2,1-2H3,(H,20,21,22,24). The van der Waals surface area contributed by atoms with Crippen molar-refractivity contribution < 1.29 is 5.11 Å². The zero-order valence-electron chi connectivity index (χ0n) is 13.6. The normalized spacial score (nSPS) is 10.6. The lowest BCUT2D eigenvalue weighted by Gasteiger charge is -2.17. The summed E-state index contributed by atoms with van der Waals surface area (Å²) < 4.78 is 0. The summed E-state index contributed by atoms with van der Waals surface area (Å²) in [5.74, 6) is 6.73. The highest BCUT2D eigenvalue weighted by Crippen LogP contribution is 2.26. The van der Waals surface area contributed by atoms with Crippen LogP contribution in [0.5, 0.6) is 6.01 Å². The van der Waals surface area contributed by atoms with Gasteiger partial charge in [0.15, 0.2) is 5.82 Å². The quantitative estimate of drug-likeness (QED) is 0.567. The zero-order chi connectivity index (χ0) is 17.1. The Labute approximate surface area is 140 Å². The van der Waals surface area contributed by atoms with Gasteiger partial charge in [0.1, 0.15) is 0 Å². The number of hydrogen-bond donors (Lipinski definition) is 2. The van der Waals surface area contributed by atoms with E-state index in [1.807, 2.05) is 62.4 Å². The minimum atomic E-state index is -0.346. The Balaban J connectivity index is 1.97. The molecule has 1 heterocycles. The molecule has 0 spiro atoms. The molecule has 0 amide bonds. The SMILES string of the molecule is Cc1cccc(C)c1-c1nc(O)nc(N(N)Cc2ccccc2)n1. The number of aryl methyl sites for hydroxylation is 2. The molecule has 1 aromatic heterocycles. The van der Waals surface area contributed by atoms with E-state index in [0.29, 0.717) is 12.4 Å². The largest absolute Gasteiger partial charge is 0.479 e. The van der Waals surface area contributed by atoms with Crippen molar-refractivity contribution in [1.29, 1.82) is 0 Å². The Morgan fingerprint density at radius 2 is 1.58 bits per heavy atom. The van der Waals surface area contributed by atoms with Crippen molar-refractivity contribution in [2.24, 2.45) is 5.84 Å². The first kappa shape index (κ1) is 15.9. The highest BCUT2D eigenvalue weighted by atomic mass is 16.3. The van der Waals surface area contributed by atoms with Gasteiger partial charge in [0, 0.05) is 5.56 Å². The summed E-state index contributed by atoms with van der Waals surface area (Å²) in [6.07, 6.45) is 0. The Bertz CT molecular complexity index is 831. The molecule has 0 bridgehead atoms. The average molecular weight is 321 g/mol. The average Bonchev–Trinajstić information content (AvgIpc) is 2.55. The summed E-state index contributed by atoms with van der Waals surface area (Å²) in [6.45, 7) is 4.39. The summed E-state index contributed by atoms with van der Waals surface area (Å²) in [7, 11) is 0. The lowest BCUT2D eigenvalue weighted by atomic mass is 10.0. The van der Waals surface area contributed by atoms with Crippen molar-refractivity contribution in [1.82, 2.24) is 15.0 Å². The van der Waals surface area contributed by atoms with Crippen molar-refractivity contribution in [3.8, 4) is 17.4 Å². The predicted octanol–water partition coefficient (Wildman–Crippen LogP) is 2.74. The molecule has 0 atom stereocenters. The number of rotatable bonds is 4. The van der Waals surface area contributed by atoms with Gasteiger partial charge in [-0.15, -0.1) is 0 Å². The number of benzene rings is 2. The van der Waals surface area contributed by atoms with Gasteiger partial charge in [-0.05, 0) is 30.5 Å². The van der Waals surface area contributed by atoms with Gasteiger partial charge in [0.25, 0.3) is 0 Å². The second-order valence-corrected chi connectivity index (χ2v) is 5.64. The molecule has 0 aliphatic carbocycles. The third-order valence-corrected chi connectivity index (χ3v) is 3.77. The number of hydrazine groups is 1. The molecule has 0 aliphatic rings. The predicted molar refractivity (Wildman–Crippen MR) is 93.2 cm³/mol. The molecular formula is C18H19N5O. The molecule has 0 aliphatic heterocycles. The Hall–Kier alpha value is -2.99. The molecule has 6 nitrogen and oxygen atoms in total. The van der Waals surface area contributed by atoms with Crippen LogP contribution < -0.4 is 10.9 Å². The molecule has 3 N–H and O–H groups in total. The number of aromatic hydroxyl groups is 1. The minimum Gasteiger partial charge on any atom is -0.479 e. The van der Waals surface area contributed by atoms with Gasteiger partial charge in [-0.3, -0.25) is 5.01 Å².